The molecule has 0 atom stereocenters. The fraction of sp³-hybridized carbons (Fsp3) is 0.0625. The van der Waals surface area contributed by atoms with Crippen LogP contribution in [0.25, 0.3) is 0 Å². The van der Waals surface area contributed by atoms with Gasteiger partial charge in [0.2, 0.25) is 0 Å². The number of hydrazone groups is 1. The van der Waals surface area contributed by atoms with Crippen molar-refractivity contribution in [3.8, 4) is 0 Å². The van der Waals surface area contributed by atoms with Crippen LogP contribution in [0.1, 0.15) is 15.9 Å². The van der Waals surface area contributed by atoms with E-state index in [4.69, 9.17) is 0 Å². The molecule has 0 spiro atoms. The van der Waals surface area contributed by atoms with E-state index in [1.807, 2.05) is 24.3 Å². The number of hydrogen-bond acceptors (Lipinski definition) is 5. The third-order valence-electron chi connectivity index (χ3n) is 3.00. The van der Waals surface area contributed by atoms with Gasteiger partial charge in [0.05, 0.1) is 17.7 Å². The molecule has 0 saturated heterocycles. The highest BCUT2D eigenvalue weighted by atomic mass is 79.9. The molecular weight excluding hydrogens is 392 g/mol. The minimum absolute atomic E-state index is 0.115. The Morgan fingerprint density at radius 2 is 1.92 bits per heavy atom. The third-order valence-corrected chi connectivity index (χ3v) is 3.49. The number of rotatable bonds is 6. The van der Waals surface area contributed by atoms with E-state index < -0.39 is 16.7 Å². The number of nitrogens with zero attached hydrogens (tertiary/aromatic N) is 2. The average molecular weight is 405 g/mol. The van der Waals surface area contributed by atoms with Crippen LogP contribution < -0.4 is 10.7 Å². The Morgan fingerprint density at radius 3 is 2.56 bits per heavy atom. The summed E-state index contributed by atoms with van der Waals surface area (Å²) >= 11 is 3.32. The standard InChI is InChI=1S/C16H13BrN4O4/c17-13-3-1-2-11(8-13)9-19-20-15(22)10-18-16(23)12-4-6-14(7-5-12)21(24)25/h1-9H,10H2,(H,18,23)(H,20,22)/b19-9+. The van der Waals surface area contributed by atoms with E-state index >= 15 is 0 Å². The van der Waals surface area contributed by atoms with E-state index in [2.05, 4.69) is 31.8 Å². The Kier molecular flexibility index (Phi) is 6.35. The summed E-state index contributed by atoms with van der Waals surface area (Å²) in [5.74, 6) is -1.01. The van der Waals surface area contributed by atoms with Crippen molar-refractivity contribution in [2.75, 3.05) is 6.54 Å². The topological polar surface area (TPSA) is 114 Å². The van der Waals surface area contributed by atoms with E-state index in [-0.39, 0.29) is 17.8 Å². The van der Waals surface area contributed by atoms with Gasteiger partial charge in [0.25, 0.3) is 17.5 Å². The maximum absolute atomic E-state index is 11.9. The average Bonchev–Trinajstić information content (AvgIpc) is 2.60. The van der Waals surface area contributed by atoms with E-state index in [9.17, 15) is 19.7 Å². The lowest BCUT2D eigenvalue weighted by molar-refractivity contribution is -0.384. The molecule has 0 aromatic heterocycles. The van der Waals surface area contributed by atoms with Gasteiger partial charge in [-0.2, -0.15) is 5.10 Å². The number of carbonyl (C=O) groups is 2. The normalized spacial score (nSPS) is 10.4. The van der Waals surface area contributed by atoms with Crippen molar-refractivity contribution >= 4 is 39.6 Å². The number of hydrogen-bond donors (Lipinski definition) is 2. The van der Waals surface area contributed by atoms with E-state index in [1.165, 1.54) is 30.5 Å². The minimum atomic E-state index is -0.557. The number of amides is 2. The summed E-state index contributed by atoms with van der Waals surface area (Å²) in [4.78, 5) is 33.5. The molecule has 0 heterocycles. The molecule has 0 aliphatic heterocycles. The number of benzene rings is 2. The van der Waals surface area contributed by atoms with Crippen LogP contribution >= 0.6 is 15.9 Å². The van der Waals surface area contributed by atoms with Gasteiger partial charge in [-0.3, -0.25) is 19.7 Å². The number of nitrogens with one attached hydrogen (secondary N) is 2. The molecule has 9 heteroatoms. The van der Waals surface area contributed by atoms with Gasteiger partial charge in [-0.25, -0.2) is 5.43 Å². The van der Waals surface area contributed by atoms with Gasteiger partial charge in [0.1, 0.15) is 0 Å². The minimum Gasteiger partial charge on any atom is -0.343 e. The Balaban J connectivity index is 1.81. The zero-order valence-electron chi connectivity index (χ0n) is 12.8. The second kappa shape index (κ2) is 8.69. The zero-order chi connectivity index (χ0) is 18.2. The van der Waals surface area contributed by atoms with Crippen LogP contribution in [0.3, 0.4) is 0 Å². The summed E-state index contributed by atoms with van der Waals surface area (Å²) in [6, 6.07) is 12.4. The first kappa shape index (κ1) is 18.3. The summed E-state index contributed by atoms with van der Waals surface area (Å²) in [6.07, 6.45) is 1.47. The highest BCUT2D eigenvalue weighted by molar-refractivity contribution is 9.10. The van der Waals surface area contributed by atoms with Gasteiger partial charge in [-0.05, 0) is 29.8 Å². The van der Waals surface area contributed by atoms with Crippen molar-refractivity contribution in [1.82, 2.24) is 10.7 Å². The first-order valence-corrected chi connectivity index (χ1v) is 7.85. The molecule has 0 aliphatic carbocycles. The quantitative estimate of drug-likeness (QED) is 0.436. The molecule has 128 valence electrons. The predicted molar refractivity (Wildman–Crippen MR) is 95.3 cm³/mol. The molecule has 8 nitrogen and oxygen atoms in total. The lowest BCUT2D eigenvalue weighted by atomic mass is 10.2. The maximum atomic E-state index is 11.9. The molecule has 0 saturated carbocycles. The Hall–Kier alpha value is -3.07. The fourth-order valence-electron chi connectivity index (χ4n) is 1.80. The number of non-ortho nitro benzene ring substituents is 1. The van der Waals surface area contributed by atoms with Gasteiger partial charge < -0.3 is 5.32 Å². The predicted octanol–water partition coefficient (Wildman–Crippen LogP) is 2.24. The Morgan fingerprint density at radius 1 is 1.20 bits per heavy atom. The summed E-state index contributed by atoms with van der Waals surface area (Å²) in [6.45, 7) is -0.272. The third kappa shape index (κ3) is 5.81. The largest absolute Gasteiger partial charge is 0.343 e. The van der Waals surface area contributed by atoms with Gasteiger partial charge in [0.15, 0.2) is 0 Å². The van der Waals surface area contributed by atoms with Gasteiger partial charge in [-0.1, -0.05) is 28.1 Å². The first-order valence-electron chi connectivity index (χ1n) is 7.06. The molecule has 2 amide bonds. The van der Waals surface area contributed by atoms with Gasteiger partial charge in [0, 0.05) is 22.2 Å². The van der Waals surface area contributed by atoms with Crippen molar-refractivity contribution in [3.05, 3.63) is 74.2 Å². The molecule has 2 aromatic rings. The molecule has 2 aromatic carbocycles. The molecule has 0 fully saturated rings. The molecular formula is C16H13BrN4O4. The maximum Gasteiger partial charge on any atom is 0.269 e. The lowest BCUT2D eigenvalue weighted by Gasteiger charge is -2.04. The van der Waals surface area contributed by atoms with Crippen molar-refractivity contribution in [2.24, 2.45) is 5.10 Å². The number of nitro benzene ring substituents is 1. The van der Waals surface area contributed by atoms with Gasteiger partial charge in [-0.15, -0.1) is 0 Å². The van der Waals surface area contributed by atoms with Crippen LogP contribution in [0.15, 0.2) is 58.1 Å². The van der Waals surface area contributed by atoms with Crippen LogP contribution in [0.2, 0.25) is 0 Å². The SMILES string of the molecule is O=C(CNC(=O)c1ccc([N+](=O)[O-])cc1)N/N=C/c1cccc(Br)c1. The van der Waals surface area contributed by atoms with Crippen LogP contribution in [0.5, 0.6) is 0 Å². The van der Waals surface area contributed by atoms with E-state index in [1.54, 1.807) is 0 Å². The highest BCUT2D eigenvalue weighted by Crippen LogP contribution is 2.11. The van der Waals surface area contributed by atoms with Crippen molar-refractivity contribution in [3.63, 3.8) is 0 Å². The van der Waals surface area contributed by atoms with Crippen LogP contribution in [-0.4, -0.2) is 29.5 Å². The monoisotopic (exact) mass is 404 g/mol. The van der Waals surface area contributed by atoms with Gasteiger partial charge >= 0.3 is 0 Å². The fourth-order valence-corrected chi connectivity index (χ4v) is 2.22. The zero-order valence-corrected chi connectivity index (χ0v) is 14.4. The molecule has 2 rings (SSSR count). The van der Waals surface area contributed by atoms with Crippen molar-refractivity contribution < 1.29 is 14.5 Å². The van der Waals surface area contributed by atoms with Crippen LogP contribution in [0, 0.1) is 10.1 Å². The Bertz CT molecular complexity index is 821. The van der Waals surface area contributed by atoms with Crippen molar-refractivity contribution in [2.45, 2.75) is 0 Å². The molecule has 0 aliphatic rings. The van der Waals surface area contributed by atoms with Crippen LogP contribution in [-0.2, 0) is 4.79 Å². The summed E-state index contributed by atoms with van der Waals surface area (Å²) in [5.41, 5.74) is 3.19. The number of halogens is 1. The van der Waals surface area contributed by atoms with Crippen LogP contribution in [0.4, 0.5) is 5.69 Å². The number of nitro groups is 1. The molecule has 25 heavy (non-hydrogen) atoms. The summed E-state index contributed by atoms with van der Waals surface area (Å²) in [5, 5.41) is 16.8. The first-order chi connectivity index (χ1) is 12.0. The second-order valence-corrected chi connectivity index (χ2v) is 5.75. The second-order valence-electron chi connectivity index (χ2n) is 4.83. The molecule has 0 radical (unpaired) electrons. The molecule has 0 unspecified atom stereocenters. The summed E-state index contributed by atoms with van der Waals surface area (Å²) in [7, 11) is 0. The van der Waals surface area contributed by atoms with E-state index in [0.29, 0.717) is 0 Å². The lowest BCUT2D eigenvalue weighted by Crippen LogP contribution is -2.34. The van der Waals surface area contributed by atoms with Crippen molar-refractivity contribution in [1.29, 1.82) is 0 Å². The Labute approximate surface area is 151 Å². The van der Waals surface area contributed by atoms with E-state index in [0.717, 1.165) is 10.0 Å². The smallest absolute Gasteiger partial charge is 0.269 e. The molecule has 0 bridgehead atoms. The molecule has 2 N–H and O–H groups in total. The summed E-state index contributed by atoms with van der Waals surface area (Å²) < 4.78 is 0.887. The highest BCUT2D eigenvalue weighted by Gasteiger charge is 2.10. The number of carbonyl (C=O) groups excluding carboxylic acids is 2.